The number of hydrogen-bond acceptors (Lipinski definition) is 2. The molecule has 4 heteroatoms. The minimum Gasteiger partial charge on any atom is -0.356 e. The summed E-state index contributed by atoms with van der Waals surface area (Å²) in [6.07, 6.45) is 12.9. The normalized spacial score (nSPS) is 18.9. The van der Waals surface area contributed by atoms with Crippen LogP contribution in [0.4, 0.5) is 0 Å². The minimum absolute atomic E-state index is 0.0364. The van der Waals surface area contributed by atoms with E-state index in [9.17, 15) is 9.59 Å². The number of piperidine rings is 1. The molecule has 2 fully saturated rings. The topological polar surface area (TPSA) is 49.4 Å². The monoisotopic (exact) mass is 368 g/mol. The second kappa shape index (κ2) is 10.3. The van der Waals surface area contributed by atoms with Crippen LogP contribution in [0.3, 0.4) is 0 Å². The summed E-state index contributed by atoms with van der Waals surface area (Å²) in [5.74, 6) is 1.15. The SMILES string of the molecule is O=C(NCCCC1CCCC1)C1CCN(C(=O)/C=C/c2ccccc2)CC1. The predicted octanol–water partition coefficient (Wildman–Crippen LogP) is 4.03. The third-order valence-corrected chi connectivity index (χ3v) is 5.96. The summed E-state index contributed by atoms with van der Waals surface area (Å²) in [5.41, 5.74) is 1.03. The largest absolute Gasteiger partial charge is 0.356 e. The highest BCUT2D eigenvalue weighted by Gasteiger charge is 2.26. The van der Waals surface area contributed by atoms with Gasteiger partial charge in [0.25, 0.3) is 0 Å². The Morgan fingerprint density at radius 3 is 2.44 bits per heavy atom. The third kappa shape index (κ3) is 6.23. The maximum atomic E-state index is 12.4. The van der Waals surface area contributed by atoms with E-state index in [2.05, 4.69) is 5.32 Å². The van der Waals surface area contributed by atoms with E-state index < -0.39 is 0 Å². The van der Waals surface area contributed by atoms with Crippen molar-refractivity contribution < 1.29 is 9.59 Å². The Bertz CT molecular complexity index is 627. The molecule has 1 aromatic rings. The second-order valence-corrected chi connectivity index (χ2v) is 7.93. The number of carbonyl (C=O) groups is 2. The molecule has 0 radical (unpaired) electrons. The standard InChI is InChI=1S/C23H32N2O2/c26-22(13-12-20-7-2-1-3-8-20)25-17-14-21(15-18-25)23(27)24-16-6-11-19-9-4-5-10-19/h1-3,7-8,12-13,19,21H,4-6,9-11,14-18H2,(H,24,27)/b13-12+. The van der Waals surface area contributed by atoms with Crippen LogP contribution in [0.1, 0.15) is 56.9 Å². The predicted molar refractivity (Wildman–Crippen MR) is 109 cm³/mol. The van der Waals surface area contributed by atoms with Crippen molar-refractivity contribution in [3.8, 4) is 0 Å². The third-order valence-electron chi connectivity index (χ3n) is 5.96. The summed E-state index contributed by atoms with van der Waals surface area (Å²) in [4.78, 5) is 26.5. The molecule has 0 bridgehead atoms. The first-order valence-electron chi connectivity index (χ1n) is 10.5. The van der Waals surface area contributed by atoms with Crippen LogP contribution in [0.25, 0.3) is 6.08 Å². The molecule has 1 aliphatic carbocycles. The zero-order chi connectivity index (χ0) is 18.9. The summed E-state index contributed by atoms with van der Waals surface area (Å²) in [6, 6.07) is 9.84. The van der Waals surface area contributed by atoms with Crippen LogP contribution < -0.4 is 5.32 Å². The van der Waals surface area contributed by atoms with Gasteiger partial charge in [-0.25, -0.2) is 0 Å². The summed E-state index contributed by atoms with van der Waals surface area (Å²) >= 11 is 0. The summed E-state index contributed by atoms with van der Waals surface area (Å²) in [5, 5.41) is 3.11. The van der Waals surface area contributed by atoms with Crippen LogP contribution in [0.2, 0.25) is 0 Å². The first-order valence-corrected chi connectivity index (χ1v) is 10.5. The molecule has 0 unspecified atom stereocenters. The number of benzene rings is 1. The van der Waals surface area contributed by atoms with Gasteiger partial charge in [-0.1, -0.05) is 56.0 Å². The molecule has 1 saturated carbocycles. The van der Waals surface area contributed by atoms with Gasteiger partial charge in [0, 0.05) is 31.6 Å². The Balaban J connectivity index is 1.33. The summed E-state index contributed by atoms with van der Waals surface area (Å²) in [7, 11) is 0. The Hall–Kier alpha value is -2.10. The lowest BCUT2D eigenvalue weighted by Crippen LogP contribution is -2.42. The lowest BCUT2D eigenvalue weighted by molar-refractivity contribution is -0.132. The van der Waals surface area contributed by atoms with Crippen molar-refractivity contribution in [3.05, 3.63) is 42.0 Å². The fraction of sp³-hybridized carbons (Fsp3) is 0.565. The summed E-state index contributed by atoms with van der Waals surface area (Å²) < 4.78 is 0. The molecule has 1 heterocycles. The van der Waals surface area contributed by atoms with Crippen LogP contribution in [0.5, 0.6) is 0 Å². The van der Waals surface area contributed by atoms with E-state index in [0.29, 0.717) is 13.1 Å². The van der Waals surface area contributed by atoms with E-state index in [1.807, 2.05) is 41.3 Å². The van der Waals surface area contributed by atoms with E-state index in [1.165, 1.54) is 32.1 Å². The van der Waals surface area contributed by atoms with Crippen LogP contribution in [-0.2, 0) is 9.59 Å². The van der Waals surface area contributed by atoms with E-state index >= 15 is 0 Å². The fourth-order valence-electron chi connectivity index (χ4n) is 4.24. The lowest BCUT2D eigenvalue weighted by Gasteiger charge is -2.30. The number of carbonyl (C=O) groups excluding carboxylic acids is 2. The Morgan fingerprint density at radius 1 is 1.04 bits per heavy atom. The number of nitrogens with one attached hydrogen (secondary N) is 1. The molecule has 1 saturated heterocycles. The molecule has 3 rings (SSSR count). The molecule has 1 aliphatic heterocycles. The molecule has 2 aliphatic rings. The highest BCUT2D eigenvalue weighted by Crippen LogP contribution is 2.28. The van der Waals surface area contributed by atoms with Crippen LogP contribution >= 0.6 is 0 Å². The van der Waals surface area contributed by atoms with Gasteiger partial charge in [-0.3, -0.25) is 9.59 Å². The maximum absolute atomic E-state index is 12.4. The van der Waals surface area contributed by atoms with E-state index in [1.54, 1.807) is 6.08 Å². The zero-order valence-corrected chi connectivity index (χ0v) is 16.2. The molecule has 2 amide bonds. The molecular formula is C23H32N2O2. The maximum Gasteiger partial charge on any atom is 0.246 e. The lowest BCUT2D eigenvalue weighted by atomic mass is 9.95. The fourth-order valence-corrected chi connectivity index (χ4v) is 4.24. The van der Waals surface area contributed by atoms with E-state index in [-0.39, 0.29) is 17.7 Å². The van der Waals surface area contributed by atoms with Crippen molar-refractivity contribution in [1.82, 2.24) is 10.2 Å². The van der Waals surface area contributed by atoms with Gasteiger partial charge in [0.05, 0.1) is 0 Å². The molecule has 0 atom stereocenters. The number of nitrogens with zero attached hydrogens (tertiary/aromatic N) is 1. The van der Waals surface area contributed by atoms with Crippen LogP contribution in [0.15, 0.2) is 36.4 Å². The Morgan fingerprint density at radius 2 is 1.74 bits per heavy atom. The van der Waals surface area contributed by atoms with Gasteiger partial charge >= 0.3 is 0 Å². The van der Waals surface area contributed by atoms with Crippen LogP contribution in [0, 0.1) is 11.8 Å². The molecule has 0 spiro atoms. The number of likely N-dealkylation sites (tertiary alicyclic amines) is 1. The highest BCUT2D eigenvalue weighted by atomic mass is 16.2. The van der Waals surface area contributed by atoms with E-state index in [4.69, 9.17) is 0 Å². The molecule has 1 aromatic carbocycles. The van der Waals surface area contributed by atoms with Crippen molar-refractivity contribution >= 4 is 17.9 Å². The van der Waals surface area contributed by atoms with Crippen molar-refractivity contribution in [2.45, 2.75) is 51.4 Å². The summed E-state index contributed by atoms with van der Waals surface area (Å²) in [6.45, 7) is 2.13. The Kier molecular flexibility index (Phi) is 7.49. The first kappa shape index (κ1) is 19.7. The van der Waals surface area contributed by atoms with Gasteiger partial charge < -0.3 is 10.2 Å². The quantitative estimate of drug-likeness (QED) is 0.584. The van der Waals surface area contributed by atoms with Crippen molar-refractivity contribution in [1.29, 1.82) is 0 Å². The minimum atomic E-state index is 0.0364. The Labute approximate surface area is 163 Å². The first-order chi connectivity index (χ1) is 13.2. The van der Waals surface area contributed by atoms with Gasteiger partial charge in [0.1, 0.15) is 0 Å². The molecule has 4 nitrogen and oxygen atoms in total. The molecule has 0 aromatic heterocycles. The van der Waals surface area contributed by atoms with Crippen LogP contribution in [-0.4, -0.2) is 36.3 Å². The molecule has 1 N–H and O–H groups in total. The number of rotatable bonds is 7. The van der Waals surface area contributed by atoms with Gasteiger partial charge in [0.2, 0.25) is 11.8 Å². The van der Waals surface area contributed by atoms with Gasteiger partial charge in [-0.15, -0.1) is 0 Å². The smallest absolute Gasteiger partial charge is 0.246 e. The zero-order valence-electron chi connectivity index (χ0n) is 16.2. The molecular weight excluding hydrogens is 336 g/mol. The highest BCUT2D eigenvalue weighted by molar-refractivity contribution is 5.92. The van der Waals surface area contributed by atoms with Crippen molar-refractivity contribution in [2.24, 2.45) is 11.8 Å². The van der Waals surface area contributed by atoms with Gasteiger partial charge in [-0.05, 0) is 43.2 Å². The molecule has 146 valence electrons. The van der Waals surface area contributed by atoms with Crippen molar-refractivity contribution in [2.75, 3.05) is 19.6 Å². The van der Waals surface area contributed by atoms with E-state index in [0.717, 1.165) is 37.3 Å². The second-order valence-electron chi connectivity index (χ2n) is 7.93. The van der Waals surface area contributed by atoms with Crippen molar-refractivity contribution in [3.63, 3.8) is 0 Å². The number of amides is 2. The molecule has 27 heavy (non-hydrogen) atoms. The average Bonchev–Trinajstić information content (AvgIpc) is 3.24. The average molecular weight is 369 g/mol. The van der Waals surface area contributed by atoms with Gasteiger partial charge in [0.15, 0.2) is 0 Å². The number of hydrogen-bond donors (Lipinski definition) is 1. The van der Waals surface area contributed by atoms with Gasteiger partial charge in [-0.2, -0.15) is 0 Å².